The molecule has 1 aliphatic heterocycles. The maximum absolute atomic E-state index is 13.3. The van der Waals surface area contributed by atoms with Crippen molar-refractivity contribution in [2.45, 2.75) is 45.3 Å². The van der Waals surface area contributed by atoms with Crippen LogP contribution in [0.4, 0.5) is 0 Å². The molecule has 0 radical (unpaired) electrons. The van der Waals surface area contributed by atoms with Crippen molar-refractivity contribution < 1.29 is 14.6 Å². The zero-order valence-corrected chi connectivity index (χ0v) is 19.6. The Morgan fingerprint density at radius 1 is 1.32 bits per heavy atom. The van der Waals surface area contributed by atoms with Crippen LogP contribution in [0.2, 0.25) is 0 Å². The van der Waals surface area contributed by atoms with Gasteiger partial charge in [0.05, 0.1) is 18.7 Å². The molecule has 1 N–H and O–H groups in total. The largest absolute Gasteiger partial charge is 0.491 e. The average Bonchev–Trinajstić information content (AvgIpc) is 3.21. The molecule has 0 unspecified atom stereocenters. The third kappa shape index (κ3) is 6.19. The molecule has 1 amide bonds. The number of thiophene rings is 1. The summed E-state index contributed by atoms with van der Waals surface area (Å²) in [5.41, 5.74) is 2.47. The van der Waals surface area contributed by atoms with Gasteiger partial charge in [-0.15, -0.1) is 17.9 Å². The van der Waals surface area contributed by atoms with Crippen LogP contribution in [-0.2, 0) is 11.2 Å². The topological polar surface area (TPSA) is 53.0 Å². The summed E-state index contributed by atoms with van der Waals surface area (Å²) in [5.74, 6) is 1.36. The normalized spacial score (nSPS) is 17.0. The molecule has 0 spiro atoms. The van der Waals surface area contributed by atoms with Crippen molar-refractivity contribution >= 4 is 17.2 Å². The summed E-state index contributed by atoms with van der Waals surface area (Å²) < 4.78 is 6.14. The molecule has 168 valence electrons. The highest BCUT2D eigenvalue weighted by Gasteiger charge is 2.32. The predicted octanol–water partition coefficient (Wildman–Crippen LogP) is 4.25. The van der Waals surface area contributed by atoms with Crippen LogP contribution >= 0.6 is 11.3 Å². The quantitative estimate of drug-likeness (QED) is 0.559. The van der Waals surface area contributed by atoms with E-state index >= 15 is 0 Å². The Bertz CT molecular complexity index is 860. The molecular weight excluding hydrogens is 408 g/mol. The Morgan fingerprint density at radius 2 is 2.06 bits per heavy atom. The number of carbonyl (C=O) groups excluding carboxylic acids is 1. The van der Waals surface area contributed by atoms with Crippen LogP contribution in [0.3, 0.4) is 0 Å². The number of hydrogen-bond acceptors (Lipinski definition) is 5. The van der Waals surface area contributed by atoms with E-state index in [0.29, 0.717) is 32.2 Å². The molecule has 2 atom stereocenters. The number of benzene rings is 1. The van der Waals surface area contributed by atoms with Crippen LogP contribution in [0.15, 0.2) is 48.4 Å². The molecule has 0 fully saturated rings. The number of fused-ring (bicyclic) bond motifs is 1. The second-order valence-electron chi connectivity index (χ2n) is 8.52. The van der Waals surface area contributed by atoms with Gasteiger partial charge in [0.25, 0.3) is 0 Å². The Morgan fingerprint density at radius 3 is 2.71 bits per heavy atom. The van der Waals surface area contributed by atoms with E-state index in [1.807, 2.05) is 21.9 Å². The van der Waals surface area contributed by atoms with Crippen molar-refractivity contribution in [1.29, 1.82) is 0 Å². The number of hydrogen-bond donors (Lipinski definition) is 1. The Hall–Kier alpha value is -2.15. The van der Waals surface area contributed by atoms with E-state index in [2.05, 4.69) is 44.0 Å². The van der Waals surface area contributed by atoms with Crippen molar-refractivity contribution in [1.82, 2.24) is 9.80 Å². The zero-order valence-electron chi connectivity index (χ0n) is 18.8. The van der Waals surface area contributed by atoms with Gasteiger partial charge in [0.15, 0.2) is 0 Å². The molecule has 2 heterocycles. The molecule has 1 aliphatic rings. The van der Waals surface area contributed by atoms with Gasteiger partial charge in [0.2, 0.25) is 5.91 Å². The highest BCUT2D eigenvalue weighted by atomic mass is 32.1. The lowest BCUT2D eigenvalue weighted by molar-refractivity contribution is -0.136. The van der Waals surface area contributed by atoms with E-state index in [-0.39, 0.29) is 18.5 Å². The summed E-state index contributed by atoms with van der Waals surface area (Å²) >= 11 is 1.75. The molecular formula is C25H34N2O3S. The summed E-state index contributed by atoms with van der Waals surface area (Å²) in [6.45, 7) is 12.2. The van der Waals surface area contributed by atoms with Gasteiger partial charge in [0, 0.05) is 24.5 Å². The smallest absolute Gasteiger partial charge is 0.237 e. The molecule has 3 rings (SSSR count). The summed E-state index contributed by atoms with van der Waals surface area (Å²) in [4.78, 5) is 18.5. The number of amides is 1. The number of aliphatic hydroxyl groups is 1. The van der Waals surface area contributed by atoms with Gasteiger partial charge >= 0.3 is 0 Å². The summed E-state index contributed by atoms with van der Waals surface area (Å²) in [6, 6.07) is 10.2. The van der Waals surface area contributed by atoms with Crippen molar-refractivity contribution in [3.63, 3.8) is 0 Å². The first-order valence-electron chi connectivity index (χ1n) is 11.0. The third-order valence-corrected chi connectivity index (χ3v) is 6.63. The SMILES string of the molecule is C=CCN(CC(=O)N1CCc2sccc2[C@H]1COc1ccc(C(C)C)cc1)C[C@@H](C)O. The van der Waals surface area contributed by atoms with E-state index in [4.69, 9.17) is 4.74 Å². The van der Waals surface area contributed by atoms with Crippen molar-refractivity contribution in [3.8, 4) is 5.75 Å². The lowest BCUT2D eigenvalue weighted by Gasteiger charge is -2.37. The van der Waals surface area contributed by atoms with Crippen molar-refractivity contribution in [3.05, 3.63) is 64.4 Å². The Labute approximate surface area is 189 Å². The van der Waals surface area contributed by atoms with E-state index in [9.17, 15) is 9.90 Å². The van der Waals surface area contributed by atoms with E-state index in [1.165, 1.54) is 16.0 Å². The average molecular weight is 443 g/mol. The highest BCUT2D eigenvalue weighted by Crippen LogP contribution is 2.34. The Balaban J connectivity index is 1.72. The lowest BCUT2D eigenvalue weighted by atomic mass is 10.00. The second kappa shape index (κ2) is 10.9. The minimum Gasteiger partial charge on any atom is -0.491 e. The minimum atomic E-state index is -0.495. The van der Waals surface area contributed by atoms with Gasteiger partial charge in [0.1, 0.15) is 12.4 Å². The first-order valence-corrected chi connectivity index (χ1v) is 11.9. The first-order chi connectivity index (χ1) is 14.9. The standard InChI is InChI=1S/C25H34N2O3S/c1-5-12-26(15-19(4)28)16-25(29)27-13-10-24-22(11-14-31-24)23(27)17-30-21-8-6-20(7-9-21)18(2)3/h5-9,11,14,18-19,23,28H,1,10,12-13,15-17H2,2-4H3/t19-,23-/m1/s1. The fourth-order valence-electron chi connectivity index (χ4n) is 4.04. The van der Waals surface area contributed by atoms with Gasteiger partial charge in [-0.25, -0.2) is 0 Å². The number of aliphatic hydroxyl groups excluding tert-OH is 1. The summed E-state index contributed by atoms with van der Waals surface area (Å²) in [5, 5.41) is 11.9. The number of ether oxygens (including phenoxy) is 1. The van der Waals surface area contributed by atoms with E-state index in [0.717, 1.165) is 12.2 Å². The van der Waals surface area contributed by atoms with Crippen LogP contribution in [0, 0.1) is 0 Å². The van der Waals surface area contributed by atoms with Crippen LogP contribution in [0.5, 0.6) is 5.75 Å². The summed E-state index contributed by atoms with van der Waals surface area (Å²) in [6.07, 6.45) is 2.14. The fourth-order valence-corrected chi connectivity index (χ4v) is 4.97. The van der Waals surface area contributed by atoms with Crippen molar-refractivity contribution in [2.75, 3.05) is 32.8 Å². The number of nitrogens with zero attached hydrogens (tertiary/aromatic N) is 2. The number of rotatable bonds is 10. The molecule has 31 heavy (non-hydrogen) atoms. The molecule has 2 aromatic rings. The van der Waals surface area contributed by atoms with Crippen LogP contribution in [0.1, 0.15) is 48.7 Å². The predicted molar refractivity (Wildman–Crippen MR) is 127 cm³/mol. The fraction of sp³-hybridized carbons (Fsp3) is 0.480. The second-order valence-corrected chi connectivity index (χ2v) is 9.52. The van der Waals surface area contributed by atoms with Gasteiger partial charge in [-0.05, 0) is 54.0 Å². The highest BCUT2D eigenvalue weighted by molar-refractivity contribution is 7.10. The van der Waals surface area contributed by atoms with Gasteiger partial charge in [-0.1, -0.05) is 32.1 Å². The maximum atomic E-state index is 13.3. The molecule has 5 nitrogen and oxygen atoms in total. The zero-order chi connectivity index (χ0) is 22.4. The van der Waals surface area contributed by atoms with Gasteiger partial charge < -0.3 is 14.7 Å². The van der Waals surface area contributed by atoms with Crippen LogP contribution in [-0.4, -0.2) is 59.7 Å². The molecule has 1 aromatic carbocycles. The summed E-state index contributed by atoms with van der Waals surface area (Å²) in [7, 11) is 0. The molecule has 0 saturated carbocycles. The minimum absolute atomic E-state index is 0.0584. The van der Waals surface area contributed by atoms with Gasteiger partial charge in [-0.3, -0.25) is 9.69 Å². The number of carbonyl (C=O) groups is 1. The maximum Gasteiger partial charge on any atom is 0.237 e. The molecule has 6 heteroatoms. The van der Waals surface area contributed by atoms with Crippen LogP contribution < -0.4 is 4.74 Å². The monoisotopic (exact) mass is 442 g/mol. The Kier molecular flexibility index (Phi) is 8.29. The lowest BCUT2D eigenvalue weighted by Crippen LogP contribution is -2.47. The molecule has 0 aliphatic carbocycles. The molecule has 0 saturated heterocycles. The van der Waals surface area contributed by atoms with Crippen LogP contribution in [0.25, 0.3) is 0 Å². The van der Waals surface area contributed by atoms with E-state index < -0.39 is 6.10 Å². The van der Waals surface area contributed by atoms with Crippen molar-refractivity contribution in [2.24, 2.45) is 0 Å². The molecule has 0 bridgehead atoms. The van der Waals surface area contributed by atoms with Gasteiger partial charge in [-0.2, -0.15) is 0 Å². The van der Waals surface area contributed by atoms with E-state index in [1.54, 1.807) is 24.3 Å². The first kappa shape index (κ1) is 23.5. The molecule has 1 aromatic heterocycles. The third-order valence-electron chi connectivity index (χ3n) is 5.64.